The molecule has 0 aliphatic carbocycles. The standard InChI is InChI=1S/CH5N3O/c2-1(5)4-3/h3H2,(H3,2,4,5)/p+1. The molecule has 0 saturated heterocycles. The summed E-state index contributed by atoms with van der Waals surface area (Å²) >= 11 is 0. The summed E-state index contributed by atoms with van der Waals surface area (Å²) in [6.45, 7) is 0. The number of nitrogens with two attached hydrogens (primary N) is 1. The maximum atomic E-state index is 9.47. The zero-order valence-corrected chi connectivity index (χ0v) is 2.69. The minimum Gasteiger partial charge on any atom is -0.273 e. The van der Waals surface area contributed by atoms with Gasteiger partial charge in [-0.15, -0.1) is 0 Å². The van der Waals surface area contributed by atoms with E-state index in [9.17, 15) is 4.79 Å². The Morgan fingerprint density at radius 3 is 2.20 bits per heavy atom. The molecule has 0 aliphatic rings. The average Bonchev–Trinajstić information content (AvgIpc) is 1.38. The number of amides is 2. The Morgan fingerprint density at radius 2 is 2.20 bits per heavy atom. The molecular weight excluding hydrogens is 70.0 g/mol. The van der Waals surface area contributed by atoms with Crippen molar-refractivity contribution in [2.24, 2.45) is 5.84 Å². The van der Waals surface area contributed by atoms with E-state index in [1.165, 1.54) is 0 Å². The van der Waals surface area contributed by atoms with Crippen molar-refractivity contribution < 1.29 is 10.5 Å². The van der Waals surface area contributed by atoms with Gasteiger partial charge in [0.15, 0.2) is 0 Å². The number of urea groups is 1. The minimum atomic E-state index is -0.468. The fourth-order valence-electron chi connectivity index (χ4n) is 0. The first-order chi connectivity index (χ1) is 2.27. The van der Waals surface area contributed by atoms with Gasteiger partial charge in [0.2, 0.25) is 0 Å². The van der Waals surface area contributed by atoms with Crippen LogP contribution in [-0.2, 0) is 0 Å². The predicted octanol–water partition coefficient (Wildman–Crippen LogP) is -2.19. The van der Waals surface area contributed by atoms with Crippen LogP contribution in [0.2, 0.25) is 0 Å². The Kier molecular flexibility index (Phi) is 1.48. The summed E-state index contributed by atoms with van der Waals surface area (Å²) in [6, 6.07) is -0.468. The van der Waals surface area contributed by atoms with Crippen molar-refractivity contribution in [2.45, 2.75) is 0 Å². The summed E-state index contributed by atoms with van der Waals surface area (Å²) < 4.78 is 0. The summed E-state index contributed by atoms with van der Waals surface area (Å²) in [5.41, 5.74) is 4.66. The predicted molar refractivity (Wildman–Crippen MR) is 15.6 cm³/mol. The minimum absolute atomic E-state index is 0.468. The second-order valence-corrected chi connectivity index (χ2v) is 0.568. The zero-order chi connectivity index (χ0) is 4.28. The average molecular weight is 76.1 g/mol. The van der Waals surface area contributed by atoms with Gasteiger partial charge in [-0.05, 0) is 0 Å². The molecule has 30 valence electrons. The molecule has 0 atom stereocenters. The first-order valence-electron chi connectivity index (χ1n) is 1.10. The van der Waals surface area contributed by atoms with E-state index in [0.717, 1.165) is 0 Å². The molecule has 0 aromatic heterocycles. The van der Waals surface area contributed by atoms with Crippen LogP contribution in [0, 0.1) is 0 Å². The number of hydrogen-bond acceptors (Lipinski definition) is 2. The lowest BCUT2D eigenvalue weighted by Crippen LogP contribution is -2.64. The molecule has 2 amide bonds. The van der Waals surface area contributed by atoms with Crippen molar-refractivity contribution in [3.05, 3.63) is 0 Å². The molecule has 0 saturated carbocycles. The summed E-state index contributed by atoms with van der Waals surface area (Å²) in [5, 5.41) is 0. The van der Waals surface area contributed by atoms with E-state index in [0.29, 0.717) is 0 Å². The van der Waals surface area contributed by atoms with Crippen molar-refractivity contribution >= 4 is 6.03 Å². The number of rotatable bonds is 0. The number of carbonyl (C=O) groups excluding carboxylic acids is 1. The lowest BCUT2D eigenvalue weighted by molar-refractivity contribution is -0.250. The van der Waals surface area contributed by atoms with Gasteiger partial charge < -0.3 is 0 Å². The third-order valence-corrected chi connectivity index (χ3v) is 0.161. The van der Waals surface area contributed by atoms with Crippen molar-refractivity contribution in [1.29, 1.82) is 0 Å². The fourth-order valence-corrected chi connectivity index (χ4v) is 0. The quantitative estimate of drug-likeness (QED) is 0.174. The molecule has 4 nitrogen and oxygen atoms in total. The van der Waals surface area contributed by atoms with Crippen LogP contribution in [0.5, 0.6) is 0 Å². The van der Waals surface area contributed by atoms with E-state index in [1.54, 1.807) is 5.43 Å². The molecule has 0 heterocycles. The second kappa shape index (κ2) is 1.68. The first-order valence-corrected chi connectivity index (χ1v) is 1.10. The lowest BCUT2D eigenvalue weighted by atomic mass is 11.2. The number of quaternary nitrogens is 1. The van der Waals surface area contributed by atoms with E-state index in [1.807, 2.05) is 0 Å². The molecule has 0 aliphatic heterocycles. The summed E-state index contributed by atoms with van der Waals surface area (Å²) in [7, 11) is 0. The van der Waals surface area contributed by atoms with Crippen molar-refractivity contribution in [3.8, 4) is 0 Å². The van der Waals surface area contributed by atoms with Crippen LogP contribution in [0.15, 0.2) is 0 Å². The van der Waals surface area contributed by atoms with Crippen LogP contribution in [-0.4, -0.2) is 6.03 Å². The molecule has 0 fully saturated rings. The number of nitrogens with one attached hydrogen (secondary N) is 1. The monoisotopic (exact) mass is 76.1 g/mol. The number of carbonyl (C=O) groups is 1. The number of hydrogen-bond donors (Lipinski definition) is 3. The van der Waals surface area contributed by atoms with Crippen LogP contribution < -0.4 is 17.0 Å². The normalized spacial score (nSPS) is 6.80. The molecule has 0 aromatic rings. The third-order valence-electron chi connectivity index (χ3n) is 0.161. The SMILES string of the molecule is NNC([NH3+])=O. The fraction of sp³-hybridized carbons (Fsp3) is 0. The van der Waals surface area contributed by atoms with Gasteiger partial charge in [0, 0.05) is 0 Å². The molecule has 0 unspecified atom stereocenters. The molecule has 0 spiro atoms. The summed E-state index contributed by atoms with van der Waals surface area (Å²) in [6.07, 6.45) is 0. The van der Waals surface area contributed by atoms with Crippen LogP contribution in [0.25, 0.3) is 0 Å². The van der Waals surface area contributed by atoms with E-state index in [2.05, 4.69) is 11.6 Å². The molecule has 0 bridgehead atoms. The van der Waals surface area contributed by atoms with Crippen LogP contribution >= 0.6 is 0 Å². The Labute approximate surface area is 29.1 Å². The summed E-state index contributed by atoms with van der Waals surface area (Å²) in [5.74, 6) is 4.51. The Hall–Kier alpha value is -0.610. The Morgan fingerprint density at radius 1 is 2.00 bits per heavy atom. The van der Waals surface area contributed by atoms with E-state index in [4.69, 9.17) is 0 Å². The summed E-state index contributed by atoms with van der Waals surface area (Å²) in [4.78, 5) is 9.47. The Bertz CT molecular complexity index is 42.2. The third kappa shape index (κ3) is 3.39. The second-order valence-electron chi connectivity index (χ2n) is 0.568. The van der Waals surface area contributed by atoms with Crippen molar-refractivity contribution in [2.75, 3.05) is 0 Å². The van der Waals surface area contributed by atoms with E-state index >= 15 is 0 Å². The molecular formula is CH6N3O+. The van der Waals surface area contributed by atoms with Gasteiger partial charge in [0.25, 0.3) is 0 Å². The molecule has 5 heavy (non-hydrogen) atoms. The van der Waals surface area contributed by atoms with Gasteiger partial charge in [0.05, 0.1) is 0 Å². The zero-order valence-electron chi connectivity index (χ0n) is 2.69. The van der Waals surface area contributed by atoms with Gasteiger partial charge in [-0.25, -0.2) is 16.1 Å². The Balaban J connectivity index is 2.85. The van der Waals surface area contributed by atoms with Crippen LogP contribution in [0.4, 0.5) is 4.79 Å². The van der Waals surface area contributed by atoms with Gasteiger partial charge in [-0.3, -0.25) is 5.73 Å². The maximum absolute atomic E-state index is 9.47. The maximum Gasteiger partial charge on any atom is 0.425 e. The highest BCUT2D eigenvalue weighted by atomic mass is 16.2. The smallest absolute Gasteiger partial charge is 0.273 e. The molecule has 4 heteroatoms. The van der Waals surface area contributed by atoms with Gasteiger partial charge in [0.1, 0.15) is 0 Å². The van der Waals surface area contributed by atoms with E-state index < -0.39 is 6.03 Å². The van der Waals surface area contributed by atoms with Crippen molar-refractivity contribution in [1.82, 2.24) is 5.43 Å². The molecule has 0 aromatic carbocycles. The van der Waals surface area contributed by atoms with Gasteiger partial charge >= 0.3 is 6.03 Å². The van der Waals surface area contributed by atoms with Gasteiger partial charge in [-0.1, -0.05) is 0 Å². The lowest BCUT2D eigenvalue weighted by Gasteiger charge is -1.75. The highest BCUT2D eigenvalue weighted by Gasteiger charge is 1.80. The van der Waals surface area contributed by atoms with Crippen LogP contribution in [0.3, 0.4) is 0 Å². The first kappa shape index (κ1) is 4.39. The number of hydrazine groups is 1. The molecule has 0 rings (SSSR count). The van der Waals surface area contributed by atoms with E-state index in [-0.39, 0.29) is 0 Å². The largest absolute Gasteiger partial charge is 0.425 e. The molecule has 0 radical (unpaired) electrons. The van der Waals surface area contributed by atoms with Gasteiger partial charge in [-0.2, -0.15) is 0 Å². The van der Waals surface area contributed by atoms with Crippen molar-refractivity contribution in [3.63, 3.8) is 0 Å². The highest BCUT2D eigenvalue weighted by molar-refractivity contribution is 5.60. The highest BCUT2D eigenvalue weighted by Crippen LogP contribution is 1.29. The van der Waals surface area contributed by atoms with Crippen LogP contribution in [0.1, 0.15) is 0 Å². The molecule has 6 N–H and O–H groups in total. The topological polar surface area (TPSA) is 82.8 Å².